The van der Waals surface area contributed by atoms with Crippen LogP contribution in [-0.2, 0) is 16.6 Å². The molecule has 1 aromatic rings. The van der Waals surface area contributed by atoms with E-state index < -0.39 is 10.0 Å². The third-order valence-corrected chi connectivity index (χ3v) is 4.90. The van der Waals surface area contributed by atoms with Crippen LogP contribution in [0.4, 0.5) is 0 Å². The number of rotatable bonds is 9. The van der Waals surface area contributed by atoms with Crippen molar-refractivity contribution < 1.29 is 8.42 Å². The normalized spacial score (nSPS) is 11.6. The van der Waals surface area contributed by atoms with Crippen molar-refractivity contribution >= 4 is 40.0 Å². The standard InChI is InChI=1S/C17H28N4O2S.HI/c1-5-7-8-12-21(4)17(19-6-2)20-14-15-10-9-11-16(13-15)24(22,23)18-3;/h5,9-11,13,18H,1,6-8,12,14H2,2-4H3,(H,19,20);1H. The Hall–Kier alpha value is -1.13. The number of hydrogen-bond acceptors (Lipinski definition) is 3. The fraction of sp³-hybridized carbons (Fsp3) is 0.471. The lowest BCUT2D eigenvalue weighted by molar-refractivity contribution is 0.470. The molecule has 0 aromatic heterocycles. The number of unbranched alkanes of at least 4 members (excludes halogenated alkanes) is 1. The Bertz CT molecular complexity index is 662. The molecule has 142 valence electrons. The van der Waals surface area contributed by atoms with E-state index in [4.69, 9.17) is 0 Å². The second kappa shape index (κ2) is 12.3. The number of nitrogens with zero attached hydrogens (tertiary/aromatic N) is 2. The largest absolute Gasteiger partial charge is 0.357 e. The van der Waals surface area contributed by atoms with Gasteiger partial charge in [0.2, 0.25) is 10.0 Å². The Morgan fingerprint density at radius 1 is 1.40 bits per heavy atom. The average molecular weight is 480 g/mol. The second-order valence-electron chi connectivity index (χ2n) is 5.38. The molecule has 1 aromatic carbocycles. The Morgan fingerprint density at radius 2 is 2.12 bits per heavy atom. The van der Waals surface area contributed by atoms with Gasteiger partial charge in [-0.2, -0.15) is 0 Å². The molecule has 25 heavy (non-hydrogen) atoms. The van der Waals surface area contributed by atoms with Crippen molar-refractivity contribution in [3.8, 4) is 0 Å². The lowest BCUT2D eigenvalue weighted by atomic mass is 10.2. The van der Waals surface area contributed by atoms with Gasteiger partial charge in [0.1, 0.15) is 0 Å². The molecule has 0 atom stereocenters. The zero-order valence-corrected chi connectivity index (χ0v) is 18.3. The van der Waals surface area contributed by atoms with Crippen molar-refractivity contribution in [2.75, 3.05) is 27.2 Å². The van der Waals surface area contributed by atoms with Crippen LogP contribution in [0, 0.1) is 0 Å². The summed E-state index contributed by atoms with van der Waals surface area (Å²) >= 11 is 0. The summed E-state index contributed by atoms with van der Waals surface area (Å²) in [5, 5.41) is 3.26. The summed E-state index contributed by atoms with van der Waals surface area (Å²) in [6.07, 6.45) is 3.89. The minimum atomic E-state index is -3.43. The zero-order valence-electron chi connectivity index (χ0n) is 15.2. The van der Waals surface area contributed by atoms with Crippen molar-refractivity contribution in [2.24, 2.45) is 4.99 Å². The van der Waals surface area contributed by atoms with E-state index in [9.17, 15) is 8.42 Å². The molecule has 0 spiro atoms. The molecule has 6 nitrogen and oxygen atoms in total. The van der Waals surface area contributed by atoms with Crippen LogP contribution in [0.25, 0.3) is 0 Å². The maximum Gasteiger partial charge on any atom is 0.240 e. The van der Waals surface area contributed by atoms with Crippen molar-refractivity contribution in [1.29, 1.82) is 0 Å². The molecule has 2 N–H and O–H groups in total. The highest BCUT2D eigenvalue weighted by Crippen LogP contribution is 2.12. The van der Waals surface area contributed by atoms with Gasteiger partial charge >= 0.3 is 0 Å². The quantitative estimate of drug-likeness (QED) is 0.187. The van der Waals surface area contributed by atoms with Crippen LogP contribution in [0.5, 0.6) is 0 Å². The summed E-state index contributed by atoms with van der Waals surface area (Å²) < 4.78 is 26.1. The summed E-state index contributed by atoms with van der Waals surface area (Å²) in [6, 6.07) is 6.83. The van der Waals surface area contributed by atoms with Gasteiger partial charge in [0.25, 0.3) is 0 Å². The first-order chi connectivity index (χ1) is 11.4. The predicted molar refractivity (Wildman–Crippen MR) is 115 cm³/mol. The second-order valence-corrected chi connectivity index (χ2v) is 7.26. The fourth-order valence-corrected chi connectivity index (χ4v) is 2.94. The third kappa shape index (κ3) is 8.19. The maximum atomic E-state index is 11.9. The van der Waals surface area contributed by atoms with E-state index in [1.165, 1.54) is 7.05 Å². The monoisotopic (exact) mass is 480 g/mol. The van der Waals surface area contributed by atoms with Gasteiger partial charge in [-0.15, -0.1) is 30.6 Å². The average Bonchev–Trinajstić information content (AvgIpc) is 2.59. The molecule has 0 saturated carbocycles. The topological polar surface area (TPSA) is 73.8 Å². The highest BCUT2D eigenvalue weighted by atomic mass is 127. The Balaban J connectivity index is 0.00000576. The van der Waals surface area contributed by atoms with E-state index in [0.29, 0.717) is 6.54 Å². The predicted octanol–water partition coefficient (Wildman–Crippen LogP) is 2.58. The molecule has 0 amide bonds. The number of benzene rings is 1. The van der Waals surface area contributed by atoms with E-state index in [0.717, 1.165) is 37.5 Å². The van der Waals surface area contributed by atoms with Crippen molar-refractivity contribution in [3.05, 3.63) is 42.5 Å². The molecule has 0 saturated heterocycles. The zero-order chi connectivity index (χ0) is 18.0. The summed E-state index contributed by atoms with van der Waals surface area (Å²) in [7, 11) is -0.0377. The van der Waals surface area contributed by atoms with Gasteiger partial charge in [-0.3, -0.25) is 0 Å². The third-order valence-electron chi connectivity index (χ3n) is 3.49. The van der Waals surface area contributed by atoms with E-state index in [2.05, 4.69) is 26.5 Å². The van der Waals surface area contributed by atoms with E-state index in [-0.39, 0.29) is 28.9 Å². The van der Waals surface area contributed by atoms with E-state index in [1.807, 2.05) is 26.1 Å². The van der Waals surface area contributed by atoms with Gasteiger partial charge in [-0.25, -0.2) is 18.1 Å². The smallest absolute Gasteiger partial charge is 0.240 e. The highest BCUT2D eigenvalue weighted by molar-refractivity contribution is 14.0. The minimum absolute atomic E-state index is 0. The van der Waals surface area contributed by atoms with Crippen molar-refractivity contribution in [1.82, 2.24) is 14.9 Å². The molecule has 0 aliphatic carbocycles. The van der Waals surface area contributed by atoms with Crippen LogP contribution in [-0.4, -0.2) is 46.5 Å². The number of allylic oxidation sites excluding steroid dienone is 1. The summed E-state index contributed by atoms with van der Waals surface area (Å²) in [4.78, 5) is 6.92. The molecule has 0 radical (unpaired) electrons. The number of nitrogens with one attached hydrogen (secondary N) is 2. The van der Waals surface area contributed by atoms with Crippen LogP contribution in [0.2, 0.25) is 0 Å². The lowest BCUT2D eigenvalue weighted by Crippen LogP contribution is -2.39. The van der Waals surface area contributed by atoms with Gasteiger partial charge in [-0.1, -0.05) is 18.2 Å². The Kier molecular flexibility index (Phi) is 11.7. The van der Waals surface area contributed by atoms with Crippen LogP contribution < -0.4 is 10.0 Å². The molecule has 0 aliphatic heterocycles. The van der Waals surface area contributed by atoms with Gasteiger partial charge in [0.15, 0.2) is 5.96 Å². The Morgan fingerprint density at radius 3 is 2.72 bits per heavy atom. The lowest BCUT2D eigenvalue weighted by Gasteiger charge is -2.21. The van der Waals surface area contributed by atoms with Crippen molar-refractivity contribution in [3.63, 3.8) is 0 Å². The number of aliphatic imine (C=N–C) groups is 1. The number of guanidine groups is 1. The summed E-state index contributed by atoms with van der Waals surface area (Å²) in [6.45, 7) is 7.83. The molecule has 8 heteroatoms. The summed E-state index contributed by atoms with van der Waals surface area (Å²) in [5.41, 5.74) is 0.848. The maximum absolute atomic E-state index is 11.9. The number of sulfonamides is 1. The van der Waals surface area contributed by atoms with Crippen LogP contribution >= 0.6 is 24.0 Å². The SMILES string of the molecule is C=CCCCN(C)C(=NCc1cccc(S(=O)(=O)NC)c1)NCC.I. The molecular weight excluding hydrogens is 451 g/mol. The fourth-order valence-electron chi connectivity index (χ4n) is 2.14. The molecule has 0 unspecified atom stereocenters. The first-order valence-corrected chi connectivity index (χ1v) is 9.55. The Labute approximate surface area is 168 Å². The van der Waals surface area contributed by atoms with Gasteiger partial charge in [-0.05, 0) is 44.5 Å². The molecular formula is C17H29IN4O2S. The minimum Gasteiger partial charge on any atom is -0.357 e. The molecule has 0 fully saturated rings. The molecule has 0 bridgehead atoms. The number of hydrogen-bond donors (Lipinski definition) is 2. The van der Waals surface area contributed by atoms with Crippen LogP contribution in [0.15, 0.2) is 46.8 Å². The first-order valence-electron chi connectivity index (χ1n) is 8.07. The summed E-state index contributed by atoms with van der Waals surface area (Å²) in [5.74, 6) is 0.809. The van der Waals surface area contributed by atoms with E-state index in [1.54, 1.807) is 18.2 Å². The van der Waals surface area contributed by atoms with Crippen LogP contribution in [0.3, 0.4) is 0 Å². The number of halogens is 1. The van der Waals surface area contributed by atoms with Crippen LogP contribution in [0.1, 0.15) is 25.3 Å². The molecule has 1 rings (SSSR count). The van der Waals surface area contributed by atoms with Crippen molar-refractivity contribution in [2.45, 2.75) is 31.2 Å². The van der Waals surface area contributed by atoms with Gasteiger partial charge < -0.3 is 10.2 Å². The first kappa shape index (κ1) is 23.9. The van der Waals surface area contributed by atoms with E-state index >= 15 is 0 Å². The molecule has 0 aliphatic rings. The van der Waals surface area contributed by atoms with Gasteiger partial charge in [0, 0.05) is 20.1 Å². The molecule has 0 heterocycles. The highest BCUT2D eigenvalue weighted by Gasteiger charge is 2.11. The van der Waals surface area contributed by atoms with Gasteiger partial charge in [0.05, 0.1) is 11.4 Å².